The fourth-order valence-electron chi connectivity index (χ4n) is 5.95. The van der Waals surface area contributed by atoms with Crippen LogP contribution in [0, 0.1) is 5.82 Å². The van der Waals surface area contributed by atoms with E-state index in [2.05, 4.69) is 32.5 Å². The third-order valence-corrected chi connectivity index (χ3v) is 9.09. The van der Waals surface area contributed by atoms with Crippen LogP contribution in [0.5, 0.6) is 0 Å². The van der Waals surface area contributed by atoms with Gasteiger partial charge in [-0.3, -0.25) is 14.6 Å². The molecule has 2 amide bonds. The van der Waals surface area contributed by atoms with Crippen LogP contribution >= 0.6 is 11.3 Å². The zero-order valence-electron chi connectivity index (χ0n) is 23.8. The molecule has 0 unspecified atom stereocenters. The first-order valence-electron chi connectivity index (χ1n) is 14.5. The van der Waals surface area contributed by atoms with Crippen LogP contribution in [0.1, 0.15) is 56.7 Å². The Kier molecular flexibility index (Phi) is 8.12. The van der Waals surface area contributed by atoms with Gasteiger partial charge < -0.3 is 15.5 Å². The Morgan fingerprint density at radius 3 is 2.71 bits per heavy atom. The number of benzene rings is 1. The molecule has 0 saturated heterocycles. The number of halogens is 1. The molecule has 42 heavy (non-hydrogen) atoms. The van der Waals surface area contributed by atoms with Gasteiger partial charge in [-0.1, -0.05) is 30.6 Å². The van der Waals surface area contributed by atoms with Crippen molar-refractivity contribution < 1.29 is 14.0 Å². The summed E-state index contributed by atoms with van der Waals surface area (Å²) in [4.78, 5) is 36.4. The molecule has 3 aromatic heterocycles. The number of aryl methyl sites for hydroxylation is 1. The number of nitrogens with one attached hydrogen (secondary N) is 2. The van der Waals surface area contributed by atoms with E-state index in [0.29, 0.717) is 42.7 Å². The second-order valence-corrected chi connectivity index (χ2v) is 12.0. The van der Waals surface area contributed by atoms with Crippen LogP contribution in [0.4, 0.5) is 15.2 Å². The highest BCUT2D eigenvalue weighted by molar-refractivity contribution is 7.19. The number of hydrogen-bond acceptors (Lipinski definition) is 7. The van der Waals surface area contributed by atoms with Gasteiger partial charge in [0.05, 0.1) is 22.0 Å². The smallest absolute Gasteiger partial charge is 0.225 e. The summed E-state index contributed by atoms with van der Waals surface area (Å²) in [5, 5.41) is 11.0. The van der Waals surface area contributed by atoms with Crippen molar-refractivity contribution in [2.75, 3.05) is 24.2 Å². The zero-order valence-corrected chi connectivity index (χ0v) is 24.6. The van der Waals surface area contributed by atoms with Gasteiger partial charge in [-0.15, -0.1) is 0 Å². The lowest BCUT2D eigenvalue weighted by Gasteiger charge is -2.30. The predicted molar refractivity (Wildman–Crippen MR) is 162 cm³/mol. The fourth-order valence-corrected chi connectivity index (χ4v) is 7.06. The Balaban J connectivity index is 1.28. The molecule has 4 aromatic rings. The normalized spacial score (nSPS) is 14.9. The van der Waals surface area contributed by atoms with Crippen molar-refractivity contribution in [3.05, 3.63) is 59.8 Å². The van der Waals surface area contributed by atoms with Crippen LogP contribution < -0.4 is 10.6 Å². The number of pyridine rings is 1. The summed E-state index contributed by atoms with van der Waals surface area (Å²) in [6, 6.07) is 9.01. The van der Waals surface area contributed by atoms with Gasteiger partial charge in [0.1, 0.15) is 5.69 Å². The summed E-state index contributed by atoms with van der Waals surface area (Å²) in [5.41, 5.74) is 4.82. The molecule has 2 N–H and O–H groups in total. The third kappa shape index (κ3) is 5.84. The second kappa shape index (κ2) is 12.1. The van der Waals surface area contributed by atoms with Crippen LogP contribution in [-0.2, 0) is 22.4 Å². The van der Waals surface area contributed by atoms with Gasteiger partial charge in [-0.25, -0.2) is 14.1 Å². The molecule has 2 aliphatic rings. The molecule has 1 fully saturated rings. The Morgan fingerprint density at radius 2 is 1.98 bits per heavy atom. The number of anilines is 2. The number of thiazole rings is 1. The molecule has 6 rings (SSSR count). The highest BCUT2D eigenvalue weighted by atomic mass is 32.1. The molecule has 9 nitrogen and oxygen atoms in total. The summed E-state index contributed by atoms with van der Waals surface area (Å²) in [7, 11) is 2.08. The largest absolute Gasteiger partial charge is 0.326 e. The lowest BCUT2D eigenvalue weighted by molar-refractivity contribution is -0.116. The van der Waals surface area contributed by atoms with Gasteiger partial charge in [0.15, 0.2) is 10.9 Å². The molecule has 1 saturated carbocycles. The molecule has 0 radical (unpaired) electrons. The number of fused-ring (bicyclic) bond motifs is 3. The van der Waals surface area contributed by atoms with Gasteiger partial charge in [0, 0.05) is 55.1 Å². The quantitative estimate of drug-likeness (QED) is 0.268. The number of rotatable bonds is 8. The highest BCUT2D eigenvalue weighted by Gasteiger charge is 2.31. The van der Waals surface area contributed by atoms with E-state index in [-0.39, 0.29) is 17.5 Å². The molecule has 2 aliphatic carbocycles. The van der Waals surface area contributed by atoms with E-state index in [0.717, 1.165) is 33.1 Å². The van der Waals surface area contributed by atoms with Gasteiger partial charge in [-0.2, -0.15) is 5.10 Å². The molecule has 3 heterocycles. The topological polar surface area (TPSA) is 105 Å². The Labute approximate surface area is 248 Å². The molecule has 0 bridgehead atoms. The standard InChI is InChI=1S/C31H34FN7O2S/c1-19(40)34-31-36-25-12-11-23-28(20-7-6-15-33-18-20)37-39(29(23)30(25)42-31)26-13-10-21(17-24(26)32)35-27(41)14-16-38(2)22-8-4-3-5-9-22/h6-7,10,13,15,17-18,22H,3-5,8-9,11-12,14,16H2,1-2H3,(H,35,41)(H,34,36,40). The van der Waals surface area contributed by atoms with Crippen LogP contribution in [0.3, 0.4) is 0 Å². The van der Waals surface area contributed by atoms with Crippen molar-refractivity contribution in [3.8, 4) is 27.5 Å². The third-order valence-electron chi connectivity index (χ3n) is 8.07. The summed E-state index contributed by atoms with van der Waals surface area (Å²) in [6.45, 7) is 2.12. The number of amides is 2. The summed E-state index contributed by atoms with van der Waals surface area (Å²) < 4.78 is 17.4. The summed E-state index contributed by atoms with van der Waals surface area (Å²) in [5.74, 6) is -0.844. The van der Waals surface area contributed by atoms with Crippen molar-refractivity contribution in [2.24, 2.45) is 0 Å². The van der Waals surface area contributed by atoms with Crippen molar-refractivity contribution in [1.29, 1.82) is 0 Å². The van der Waals surface area contributed by atoms with Crippen molar-refractivity contribution in [2.45, 2.75) is 64.3 Å². The van der Waals surface area contributed by atoms with Crippen LogP contribution in [0.15, 0.2) is 42.7 Å². The van der Waals surface area contributed by atoms with Crippen molar-refractivity contribution in [1.82, 2.24) is 24.6 Å². The molecule has 0 atom stereocenters. The van der Waals surface area contributed by atoms with E-state index in [9.17, 15) is 9.59 Å². The minimum atomic E-state index is -0.506. The molecular weight excluding hydrogens is 553 g/mol. The number of carbonyl (C=O) groups is 2. The van der Waals surface area contributed by atoms with Crippen LogP contribution in [0.25, 0.3) is 27.5 Å². The minimum Gasteiger partial charge on any atom is -0.326 e. The molecule has 11 heteroatoms. The van der Waals surface area contributed by atoms with E-state index in [1.54, 1.807) is 29.2 Å². The van der Waals surface area contributed by atoms with Gasteiger partial charge in [0.25, 0.3) is 0 Å². The molecular formula is C31H34FN7O2S. The maximum absolute atomic E-state index is 15.8. The monoisotopic (exact) mass is 587 g/mol. The molecule has 1 aromatic carbocycles. The maximum atomic E-state index is 15.8. The van der Waals surface area contributed by atoms with Crippen molar-refractivity contribution in [3.63, 3.8) is 0 Å². The number of hydrogen-bond donors (Lipinski definition) is 2. The van der Waals surface area contributed by atoms with Crippen LogP contribution in [0.2, 0.25) is 0 Å². The average molecular weight is 588 g/mol. The molecule has 0 aliphatic heterocycles. The van der Waals surface area contributed by atoms with E-state index >= 15 is 4.39 Å². The fraction of sp³-hybridized carbons (Fsp3) is 0.387. The minimum absolute atomic E-state index is 0.139. The molecule has 218 valence electrons. The highest BCUT2D eigenvalue weighted by Crippen LogP contribution is 2.44. The van der Waals surface area contributed by atoms with Gasteiger partial charge in [-0.05, 0) is 63.1 Å². The van der Waals surface area contributed by atoms with E-state index in [1.165, 1.54) is 56.4 Å². The molecule has 0 spiro atoms. The first-order valence-corrected chi connectivity index (χ1v) is 15.3. The lowest BCUT2D eigenvalue weighted by atomic mass is 9.94. The van der Waals surface area contributed by atoms with E-state index in [4.69, 9.17) is 5.10 Å². The SMILES string of the molecule is CC(=O)Nc1nc2c(s1)-c1c(c(-c3cccnc3)nn1-c1ccc(NC(=O)CCN(C)C3CCCCC3)cc1F)CC2. The van der Waals surface area contributed by atoms with Gasteiger partial charge >= 0.3 is 0 Å². The predicted octanol–water partition coefficient (Wildman–Crippen LogP) is 5.85. The second-order valence-electron chi connectivity index (χ2n) is 11.0. The zero-order chi connectivity index (χ0) is 29.2. The van der Waals surface area contributed by atoms with E-state index in [1.807, 2.05) is 12.1 Å². The maximum Gasteiger partial charge on any atom is 0.225 e. The number of nitrogens with zero attached hydrogens (tertiary/aromatic N) is 5. The summed E-state index contributed by atoms with van der Waals surface area (Å²) >= 11 is 1.36. The Morgan fingerprint density at radius 1 is 1.14 bits per heavy atom. The van der Waals surface area contributed by atoms with E-state index < -0.39 is 5.82 Å². The Hall–Kier alpha value is -3.96. The van der Waals surface area contributed by atoms with Crippen LogP contribution in [-0.4, -0.2) is 56.1 Å². The number of aromatic nitrogens is 4. The Bertz CT molecular complexity index is 1610. The first kappa shape index (κ1) is 28.2. The summed E-state index contributed by atoms with van der Waals surface area (Å²) in [6.07, 6.45) is 11.3. The van der Waals surface area contributed by atoms with Crippen molar-refractivity contribution >= 4 is 34.0 Å². The lowest BCUT2D eigenvalue weighted by Crippen LogP contribution is -2.35. The number of carbonyl (C=O) groups excluding carboxylic acids is 2. The van der Waals surface area contributed by atoms with Gasteiger partial charge in [0.2, 0.25) is 11.8 Å². The average Bonchev–Trinajstić information content (AvgIpc) is 3.57. The first-order chi connectivity index (χ1) is 20.4.